The Labute approximate surface area is 161 Å². The lowest BCUT2D eigenvalue weighted by molar-refractivity contribution is -0.00300. The third kappa shape index (κ3) is 4.73. The van der Waals surface area contributed by atoms with Crippen molar-refractivity contribution in [3.8, 4) is 0 Å². The maximum absolute atomic E-state index is 12.7. The van der Waals surface area contributed by atoms with Gasteiger partial charge in [-0.25, -0.2) is 8.42 Å². The molecule has 1 aliphatic heterocycles. The Morgan fingerprint density at radius 1 is 1.26 bits per heavy atom. The summed E-state index contributed by atoms with van der Waals surface area (Å²) >= 11 is 0. The minimum atomic E-state index is -3.59. The summed E-state index contributed by atoms with van der Waals surface area (Å²) in [6.45, 7) is 5.63. The van der Waals surface area contributed by atoms with E-state index in [1.165, 1.54) is 29.6 Å². The number of carbonyl (C=O) groups excluding carboxylic acids is 1. The van der Waals surface area contributed by atoms with Gasteiger partial charge in [-0.15, -0.1) is 0 Å². The molecule has 8 heteroatoms. The molecule has 1 saturated heterocycles. The predicted octanol–water partition coefficient (Wildman–Crippen LogP) is 2.70. The first kappa shape index (κ1) is 20.4. The largest absolute Gasteiger partial charge is 0.455 e. The summed E-state index contributed by atoms with van der Waals surface area (Å²) in [7, 11) is -3.59. The molecule has 0 bridgehead atoms. The van der Waals surface area contributed by atoms with Gasteiger partial charge in [0.25, 0.3) is 5.91 Å². The number of rotatable bonds is 7. The van der Waals surface area contributed by atoms with Crippen LogP contribution in [0.3, 0.4) is 0 Å². The van der Waals surface area contributed by atoms with Gasteiger partial charge in [-0.3, -0.25) is 4.79 Å². The third-order valence-electron chi connectivity index (χ3n) is 5.53. The molecule has 7 nitrogen and oxygen atoms in total. The number of sulfonamides is 1. The van der Waals surface area contributed by atoms with Crippen LogP contribution in [0.15, 0.2) is 15.4 Å². The second-order valence-electron chi connectivity index (χ2n) is 7.57. The lowest BCUT2D eigenvalue weighted by atomic mass is 9.88. The molecule has 27 heavy (non-hydrogen) atoms. The van der Waals surface area contributed by atoms with Crippen molar-refractivity contribution >= 4 is 15.9 Å². The first-order valence-corrected chi connectivity index (χ1v) is 11.3. The van der Waals surface area contributed by atoms with Crippen LogP contribution < -0.4 is 5.32 Å². The molecule has 2 heterocycles. The zero-order valence-corrected chi connectivity index (χ0v) is 17.0. The molecule has 2 aliphatic rings. The molecular formula is C19H30N2O5S. The van der Waals surface area contributed by atoms with Crippen molar-refractivity contribution in [2.75, 3.05) is 26.2 Å². The summed E-state index contributed by atoms with van der Waals surface area (Å²) in [6, 6.07) is 1.34. The molecule has 1 aromatic rings. The fraction of sp³-hybridized carbons (Fsp3) is 0.737. The zero-order valence-electron chi connectivity index (χ0n) is 16.2. The molecular weight excluding hydrogens is 368 g/mol. The van der Waals surface area contributed by atoms with E-state index in [4.69, 9.17) is 9.15 Å². The first-order chi connectivity index (χ1) is 12.9. The van der Waals surface area contributed by atoms with E-state index in [-0.39, 0.29) is 22.5 Å². The van der Waals surface area contributed by atoms with Crippen LogP contribution in [0.1, 0.15) is 61.8 Å². The minimum Gasteiger partial charge on any atom is -0.455 e. The molecule has 0 spiro atoms. The summed E-state index contributed by atoms with van der Waals surface area (Å²) in [4.78, 5) is 12.4. The van der Waals surface area contributed by atoms with E-state index in [0.717, 1.165) is 19.3 Å². The van der Waals surface area contributed by atoms with E-state index in [1.807, 2.05) is 0 Å². The fourth-order valence-corrected chi connectivity index (χ4v) is 5.57. The van der Waals surface area contributed by atoms with Gasteiger partial charge in [0, 0.05) is 25.7 Å². The summed E-state index contributed by atoms with van der Waals surface area (Å²) in [5, 5.41) is 2.75. The molecule has 1 aliphatic carbocycles. The van der Waals surface area contributed by atoms with Gasteiger partial charge in [0.15, 0.2) is 5.76 Å². The van der Waals surface area contributed by atoms with Crippen LogP contribution in [-0.4, -0.2) is 51.0 Å². The van der Waals surface area contributed by atoms with Crippen molar-refractivity contribution in [3.05, 3.63) is 17.6 Å². The summed E-state index contributed by atoms with van der Waals surface area (Å²) in [5.41, 5.74) is 0. The van der Waals surface area contributed by atoms with Crippen molar-refractivity contribution in [2.45, 2.75) is 63.4 Å². The number of hydrogen-bond donors (Lipinski definition) is 1. The Morgan fingerprint density at radius 2 is 1.96 bits per heavy atom. The van der Waals surface area contributed by atoms with Gasteiger partial charge in [-0.1, -0.05) is 19.8 Å². The van der Waals surface area contributed by atoms with E-state index in [0.29, 0.717) is 32.2 Å². The molecule has 1 N–H and O–H groups in total. The minimum absolute atomic E-state index is 0.0244. The number of carbonyl (C=O) groups is 1. The molecule has 1 aromatic heterocycles. The highest BCUT2D eigenvalue weighted by Gasteiger charge is 2.31. The van der Waals surface area contributed by atoms with Crippen LogP contribution in [-0.2, 0) is 14.8 Å². The van der Waals surface area contributed by atoms with Crippen molar-refractivity contribution in [1.29, 1.82) is 0 Å². The van der Waals surface area contributed by atoms with E-state index in [2.05, 4.69) is 12.2 Å². The standard InChI is InChI=1S/C19H30N2O5S/c1-14-7-3-4-8-16(14)25-12-9-20-19(22)17-13-18(15(2)26-17)27(23,24)21-10-5-6-11-21/h13-14,16H,3-12H2,1-2H3,(H,20,22)/t14-,16-/m0/s1. The number of nitrogens with one attached hydrogen (secondary N) is 1. The van der Waals surface area contributed by atoms with Crippen LogP contribution in [0.4, 0.5) is 0 Å². The Bertz CT molecular complexity index is 752. The van der Waals surface area contributed by atoms with Crippen molar-refractivity contribution in [3.63, 3.8) is 0 Å². The monoisotopic (exact) mass is 398 g/mol. The lowest BCUT2D eigenvalue weighted by Gasteiger charge is -2.28. The molecule has 152 valence electrons. The topological polar surface area (TPSA) is 88.8 Å². The molecule has 2 fully saturated rings. The van der Waals surface area contributed by atoms with Gasteiger partial charge < -0.3 is 14.5 Å². The molecule has 0 unspecified atom stereocenters. The number of hydrogen-bond acceptors (Lipinski definition) is 5. The van der Waals surface area contributed by atoms with E-state index in [1.54, 1.807) is 6.92 Å². The summed E-state index contributed by atoms with van der Waals surface area (Å²) in [6.07, 6.45) is 6.71. The number of aryl methyl sites for hydroxylation is 1. The van der Waals surface area contributed by atoms with E-state index < -0.39 is 15.9 Å². The Morgan fingerprint density at radius 3 is 2.67 bits per heavy atom. The van der Waals surface area contributed by atoms with Crippen molar-refractivity contribution < 1.29 is 22.4 Å². The number of ether oxygens (including phenoxy) is 1. The van der Waals surface area contributed by atoms with Gasteiger partial charge >= 0.3 is 0 Å². The smallest absolute Gasteiger partial charge is 0.287 e. The molecule has 1 amide bonds. The van der Waals surface area contributed by atoms with Gasteiger partial charge in [0.05, 0.1) is 12.7 Å². The quantitative estimate of drug-likeness (QED) is 0.714. The second-order valence-corrected chi connectivity index (χ2v) is 9.48. The first-order valence-electron chi connectivity index (χ1n) is 9.90. The fourth-order valence-electron chi connectivity index (χ4n) is 3.89. The second kappa shape index (κ2) is 8.75. The average Bonchev–Trinajstić information content (AvgIpc) is 3.30. The lowest BCUT2D eigenvalue weighted by Crippen LogP contribution is -2.31. The highest BCUT2D eigenvalue weighted by atomic mass is 32.2. The number of nitrogens with zero attached hydrogens (tertiary/aromatic N) is 1. The molecule has 0 radical (unpaired) electrons. The SMILES string of the molecule is Cc1oc(C(=O)NCCO[C@H]2CCCC[C@@H]2C)cc1S(=O)(=O)N1CCCC1. The van der Waals surface area contributed by atoms with Gasteiger partial charge in [-0.05, 0) is 38.5 Å². The van der Waals surface area contributed by atoms with Crippen LogP contribution in [0.2, 0.25) is 0 Å². The molecule has 0 aromatic carbocycles. The Kier molecular flexibility index (Phi) is 6.60. The average molecular weight is 399 g/mol. The summed E-state index contributed by atoms with van der Waals surface area (Å²) in [5.74, 6) is 0.414. The maximum atomic E-state index is 12.7. The molecule has 3 rings (SSSR count). The highest BCUT2D eigenvalue weighted by Crippen LogP contribution is 2.27. The molecule has 1 saturated carbocycles. The predicted molar refractivity (Wildman–Crippen MR) is 101 cm³/mol. The maximum Gasteiger partial charge on any atom is 0.287 e. The van der Waals surface area contributed by atoms with Crippen LogP contribution >= 0.6 is 0 Å². The number of amides is 1. The van der Waals surface area contributed by atoms with E-state index >= 15 is 0 Å². The van der Waals surface area contributed by atoms with Crippen LogP contribution in [0.25, 0.3) is 0 Å². The normalized spacial score (nSPS) is 24.2. The van der Waals surface area contributed by atoms with E-state index in [9.17, 15) is 13.2 Å². The van der Waals surface area contributed by atoms with Crippen LogP contribution in [0.5, 0.6) is 0 Å². The third-order valence-corrected chi connectivity index (χ3v) is 7.54. The van der Waals surface area contributed by atoms with Crippen molar-refractivity contribution in [1.82, 2.24) is 9.62 Å². The zero-order chi connectivity index (χ0) is 19.4. The summed E-state index contributed by atoms with van der Waals surface area (Å²) < 4.78 is 38.1. The van der Waals surface area contributed by atoms with Crippen LogP contribution in [0, 0.1) is 12.8 Å². The Balaban J connectivity index is 1.53. The highest BCUT2D eigenvalue weighted by molar-refractivity contribution is 7.89. The Hall–Kier alpha value is -1.38. The molecule has 2 atom stereocenters. The van der Waals surface area contributed by atoms with Crippen molar-refractivity contribution in [2.24, 2.45) is 5.92 Å². The number of furan rings is 1. The van der Waals surface area contributed by atoms with Gasteiger partial charge in [-0.2, -0.15) is 4.31 Å². The van der Waals surface area contributed by atoms with Gasteiger partial charge in [0.2, 0.25) is 10.0 Å². The van der Waals surface area contributed by atoms with Gasteiger partial charge in [0.1, 0.15) is 10.7 Å².